The molecule has 0 aromatic heterocycles. The van der Waals surface area contributed by atoms with Crippen molar-refractivity contribution in [3.05, 3.63) is 34.3 Å². The van der Waals surface area contributed by atoms with Gasteiger partial charge in [-0.25, -0.2) is 0 Å². The van der Waals surface area contributed by atoms with E-state index < -0.39 is 0 Å². The molecule has 0 radical (unpaired) electrons. The quantitative estimate of drug-likeness (QED) is 0.848. The number of ether oxygens (including phenoxy) is 1. The maximum Gasteiger partial charge on any atom is 0.104 e. The van der Waals surface area contributed by atoms with Crippen molar-refractivity contribution in [1.82, 2.24) is 4.90 Å². The van der Waals surface area contributed by atoms with Crippen molar-refractivity contribution < 1.29 is 4.74 Å². The summed E-state index contributed by atoms with van der Waals surface area (Å²) in [4.78, 5) is 2.62. The van der Waals surface area contributed by atoms with Crippen molar-refractivity contribution in [2.75, 3.05) is 20.2 Å². The summed E-state index contributed by atoms with van der Waals surface area (Å²) in [7, 11) is 2.09. The van der Waals surface area contributed by atoms with E-state index in [1.165, 1.54) is 12.8 Å². The summed E-state index contributed by atoms with van der Waals surface area (Å²) in [5.41, 5.74) is 7.50. The molecule has 0 saturated carbocycles. The van der Waals surface area contributed by atoms with E-state index in [4.69, 9.17) is 34.3 Å². The lowest BCUT2D eigenvalue weighted by molar-refractivity contribution is -0.00258. The van der Waals surface area contributed by atoms with Gasteiger partial charge in [-0.2, -0.15) is 0 Å². The smallest absolute Gasteiger partial charge is 0.104 e. The van der Waals surface area contributed by atoms with Crippen molar-refractivity contribution in [1.29, 1.82) is 0 Å². The van der Waals surface area contributed by atoms with Crippen molar-refractivity contribution in [3.8, 4) is 0 Å². The highest BCUT2D eigenvalue weighted by Gasteiger charge is 2.16. The van der Waals surface area contributed by atoms with Gasteiger partial charge >= 0.3 is 0 Å². The van der Waals surface area contributed by atoms with Gasteiger partial charge in [-0.05, 0) is 37.9 Å². The zero-order valence-corrected chi connectivity index (χ0v) is 13.3. The van der Waals surface area contributed by atoms with Crippen LogP contribution in [-0.2, 0) is 11.3 Å². The number of benzene rings is 1. The average Bonchev–Trinajstić information content (AvgIpc) is 2.42. The van der Waals surface area contributed by atoms with E-state index in [9.17, 15) is 0 Å². The minimum atomic E-state index is 0.350. The zero-order valence-electron chi connectivity index (χ0n) is 11.8. The lowest BCUT2D eigenvalue weighted by Crippen LogP contribution is -2.33. The monoisotopic (exact) mass is 312 g/mol. The molecule has 2 rings (SSSR count). The van der Waals surface area contributed by atoms with E-state index in [-0.39, 0.29) is 0 Å². The van der Waals surface area contributed by atoms with Crippen LogP contribution in [-0.4, -0.2) is 36.2 Å². The van der Waals surface area contributed by atoms with Gasteiger partial charge < -0.3 is 10.5 Å². The molecule has 1 aromatic rings. The minimum absolute atomic E-state index is 0.350. The molecule has 0 amide bonds. The largest absolute Gasteiger partial charge is 0.389 e. The van der Waals surface area contributed by atoms with Crippen LogP contribution in [0.15, 0.2) is 18.2 Å². The molecule has 2 N–H and O–H groups in total. The van der Waals surface area contributed by atoms with Crippen molar-refractivity contribution in [2.24, 2.45) is 5.73 Å². The second-order valence-electron chi connectivity index (χ2n) is 5.36. The highest BCUT2D eigenvalue weighted by molar-refractivity contribution is 7.80. The second kappa shape index (κ2) is 7.36. The van der Waals surface area contributed by atoms with Gasteiger partial charge in [-0.1, -0.05) is 36.0 Å². The van der Waals surface area contributed by atoms with Crippen molar-refractivity contribution in [2.45, 2.75) is 31.9 Å². The van der Waals surface area contributed by atoms with Crippen LogP contribution >= 0.6 is 23.8 Å². The Kier molecular flexibility index (Phi) is 5.78. The first-order valence-electron chi connectivity index (χ1n) is 6.94. The molecule has 20 heavy (non-hydrogen) atoms. The maximum absolute atomic E-state index is 6.29. The molecule has 110 valence electrons. The number of hydrogen-bond acceptors (Lipinski definition) is 3. The first-order chi connectivity index (χ1) is 9.56. The Bertz CT molecular complexity index is 475. The van der Waals surface area contributed by atoms with Gasteiger partial charge in [-0.15, -0.1) is 0 Å². The standard InChI is InChI=1S/C15H21ClN2OS/c1-18(10-13-4-2-3-7-19-13)9-12-6-5-11(15(17)20)8-14(12)16/h5-6,8,13H,2-4,7,9-10H2,1H3,(H2,17,20). The summed E-state index contributed by atoms with van der Waals surface area (Å²) in [5, 5.41) is 0.715. The fraction of sp³-hybridized carbons (Fsp3) is 0.533. The third-order valence-corrected chi connectivity index (χ3v) is 4.15. The van der Waals surface area contributed by atoms with Crippen LogP contribution in [0.2, 0.25) is 5.02 Å². The maximum atomic E-state index is 6.29. The van der Waals surface area contributed by atoms with Crippen LogP contribution in [0.4, 0.5) is 0 Å². The first-order valence-corrected chi connectivity index (χ1v) is 7.73. The summed E-state index contributed by atoms with van der Waals surface area (Å²) in [5.74, 6) is 0. The number of hydrogen-bond donors (Lipinski definition) is 1. The third-order valence-electron chi connectivity index (χ3n) is 3.57. The zero-order chi connectivity index (χ0) is 14.5. The molecule has 5 heteroatoms. The predicted molar refractivity (Wildman–Crippen MR) is 87.3 cm³/mol. The van der Waals surface area contributed by atoms with Crippen LogP contribution in [0, 0.1) is 0 Å². The number of nitrogens with two attached hydrogens (primary N) is 1. The molecule has 1 aliphatic rings. The molecule has 0 aliphatic carbocycles. The normalized spacial score (nSPS) is 19.2. The van der Waals surface area contributed by atoms with Gasteiger partial charge in [0, 0.05) is 30.3 Å². The summed E-state index contributed by atoms with van der Waals surface area (Å²) < 4.78 is 5.76. The molecule has 1 aromatic carbocycles. The van der Waals surface area contributed by atoms with Gasteiger partial charge in [0.15, 0.2) is 0 Å². The van der Waals surface area contributed by atoms with Gasteiger partial charge in [0.25, 0.3) is 0 Å². The van der Waals surface area contributed by atoms with E-state index in [2.05, 4.69) is 11.9 Å². The van der Waals surface area contributed by atoms with Crippen LogP contribution in [0.5, 0.6) is 0 Å². The Hall–Kier alpha value is -0.680. The molecule has 0 bridgehead atoms. The van der Waals surface area contributed by atoms with E-state index in [1.54, 1.807) is 0 Å². The van der Waals surface area contributed by atoms with E-state index in [1.807, 2.05) is 18.2 Å². The van der Waals surface area contributed by atoms with Crippen LogP contribution in [0.25, 0.3) is 0 Å². The summed E-state index contributed by atoms with van der Waals surface area (Å²) in [6, 6.07) is 5.76. The fourth-order valence-corrected chi connectivity index (χ4v) is 2.85. The predicted octanol–water partition coefficient (Wildman–Crippen LogP) is 2.98. The molecular weight excluding hydrogens is 292 g/mol. The average molecular weight is 313 g/mol. The summed E-state index contributed by atoms with van der Waals surface area (Å²) in [6.07, 6.45) is 3.95. The Morgan fingerprint density at radius 3 is 2.90 bits per heavy atom. The van der Waals surface area contributed by atoms with Crippen LogP contribution in [0.3, 0.4) is 0 Å². The molecule has 1 fully saturated rings. The van der Waals surface area contributed by atoms with Gasteiger partial charge in [-0.3, -0.25) is 4.90 Å². The molecule has 1 atom stereocenters. The number of rotatable bonds is 5. The Morgan fingerprint density at radius 2 is 2.30 bits per heavy atom. The molecule has 1 aliphatic heterocycles. The van der Waals surface area contributed by atoms with Crippen molar-refractivity contribution >= 4 is 28.8 Å². The SMILES string of the molecule is CN(Cc1ccc(C(N)=S)cc1Cl)CC1CCCCO1. The third kappa shape index (κ3) is 4.42. The first kappa shape index (κ1) is 15.7. The lowest BCUT2D eigenvalue weighted by Gasteiger charge is -2.27. The van der Waals surface area contributed by atoms with E-state index in [0.29, 0.717) is 16.1 Å². The van der Waals surface area contributed by atoms with E-state index in [0.717, 1.165) is 37.2 Å². The van der Waals surface area contributed by atoms with Gasteiger partial charge in [0.1, 0.15) is 4.99 Å². The summed E-state index contributed by atoms with van der Waals surface area (Å²) >= 11 is 11.2. The number of likely N-dealkylation sites (N-methyl/N-ethyl adjacent to an activating group) is 1. The number of halogens is 1. The van der Waals surface area contributed by atoms with Crippen LogP contribution in [0.1, 0.15) is 30.4 Å². The highest BCUT2D eigenvalue weighted by atomic mass is 35.5. The second-order valence-corrected chi connectivity index (χ2v) is 6.20. The fourth-order valence-electron chi connectivity index (χ4n) is 2.48. The van der Waals surface area contributed by atoms with Gasteiger partial charge in [0.2, 0.25) is 0 Å². The van der Waals surface area contributed by atoms with Crippen molar-refractivity contribution in [3.63, 3.8) is 0 Å². The molecular formula is C15H21ClN2OS. The highest BCUT2D eigenvalue weighted by Crippen LogP contribution is 2.20. The molecule has 1 heterocycles. The number of thiocarbonyl (C=S) groups is 1. The molecule has 3 nitrogen and oxygen atoms in total. The molecule has 1 unspecified atom stereocenters. The Morgan fingerprint density at radius 1 is 1.50 bits per heavy atom. The Balaban J connectivity index is 1.93. The molecule has 0 spiro atoms. The summed E-state index contributed by atoms with van der Waals surface area (Å²) in [6.45, 7) is 2.63. The lowest BCUT2D eigenvalue weighted by atomic mass is 10.1. The minimum Gasteiger partial charge on any atom is -0.389 e. The van der Waals surface area contributed by atoms with E-state index >= 15 is 0 Å². The van der Waals surface area contributed by atoms with Gasteiger partial charge in [0.05, 0.1) is 6.10 Å². The number of nitrogens with zero attached hydrogens (tertiary/aromatic N) is 1. The van der Waals surface area contributed by atoms with Crippen LogP contribution < -0.4 is 5.73 Å². The topological polar surface area (TPSA) is 38.5 Å². The molecule has 1 saturated heterocycles. The Labute approximate surface area is 131 Å².